The highest BCUT2D eigenvalue weighted by molar-refractivity contribution is 5.85. The van der Waals surface area contributed by atoms with Gasteiger partial charge in [-0.2, -0.15) is 13.2 Å². The van der Waals surface area contributed by atoms with Crippen LogP contribution >= 0.6 is 0 Å². The van der Waals surface area contributed by atoms with E-state index in [2.05, 4.69) is 0 Å². The van der Waals surface area contributed by atoms with Gasteiger partial charge in [0.05, 0.1) is 18.7 Å². The molecule has 1 aliphatic carbocycles. The van der Waals surface area contributed by atoms with Crippen LogP contribution in [0.5, 0.6) is 0 Å². The zero-order valence-corrected chi connectivity index (χ0v) is 12.8. The maximum atomic E-state index is 12.8. The standard InChI is InChI=1S/C16H17F3N2O3/c17-16(18,19)10-3-1-2-9(6-10)11-7-12(11)15(23)21-4-5-24-13(8-21)14(20)22/h1-3,6,11-13H,4-5,7-8H2,(H2,20,22)/t11-,12+,13+/m1/s1. The van der Waals surface area contributed by atoms with E-state index in [0.717, 1.165) is 12.1 Å². The Morgan fingerprint density at radius 3 is 2.71 bits per heavy atom. The SMILES string of the molecule is NC(=O)[C@@H]1CN(C(=O)[C@H]2C[C@@H]2c2cccc(C(F)(F)F)c2)CCO1. The number of primary amides is 1. The van der Waals surface area contributed by atoms with Crippen molar-refractivity contribution in [2.24, 2.45) is 11.7 Å². The van der Waals surface area contributed by atoms with E-state index in [4.69, 9.17) is 10.5 Å². The monoisotopic (exact) mass is 342 g/mol. The van der Waals surface area contributed by atoms with Gasteiger partial charge in [-0.15, -0.1) is 0 Å². The van der Waals surface area contributed by atoms with E-state index >= 15 is 0 Å². The predicted octanol–water partition coefficient (Wildman–Crippen LogP) is 1.52. The van der Waals surface area contributed by atoms with Gasteiger partial charge in [-0.05, 0) is 24.0 Å². The van der Waals surface area contributed by atoms with Gasteiger partial charge in [-0.1, -0.05) is 18.2 Å². The first-order valence-corrected chi connectivity index (χ1v) is 7.64. The number of carbonyl (C=O) groups excluding carboxylic acids is 2. The van der Waals surface area contributed by atoms with Crippen LogP contribution in [0.3, 0.4) is 0 Å². The van der Waals surface area contributed by atoms with Crippen molar-refractivity contribution in [2.75, 3.05) is 19.7 Å². The van der Waals surface area contributed by atoms with E-state index in [-0.39, 0.29) is 30.9 Å². The van der Waals surface area contributed by atoms with Gasteiger partial charge in [0, 0.05) is 12.5 Å². The summed E-state index contributed by atoms with van der Waals surface area (Å²) in [6, 6.07) is 5.08. The molecule has 130 valence electrons. The Hall–Kier alpha value is -2.09. The molecule has 2 aliphatic rings. The van der Waals surface area contributed by atoms with Crippen molar-refractivity contribution < 1.29 is 27.5 Å². The number of ether oxygens (including phenoxy) is 1. The van der Waals surface area contributed by atoms with Crippen LogP contribution in [0.1, 0.15) is 23.5 Å². The first-order valence-electron chi connectivity index (χ1n) is 7.64. The molecule has 1 saturated carbocycles. The Labute approximate surface area is 136 Å². The van der Waals surface area contributed by atoms with Gasteiger partial charge < -0.3 is 15.4 Å². The molecule has 2 N–H and O–H groups in total. The lowest BCUT2D eigenvalue weighted by molar-refractivity contribution is -0.146. The molecule has 1 aromatic carbocycles. The third kappa shape index (κ3) is 3.38. The second-order valence-electron chi connectivity index (χ2n) is 6.12. The minimum Gasteiger partial charge on any atom is -0.367 e. The molecule has 5 nitrogen and oxygen atoms in total. The van der Waals surface area contributed by atoms with Crippen molar-refractivity contribution in [2.45, 2.75) is 24.6 Å². The number of nitrogens with zero attached hydrogens (tertiary/aromatic N) is 1. The third-order valence-corrected chi connectivity index (χ3v) is 4.45. The average Bonchev–Trinajstić information content (AvgIpc) is 3.34. The Bertz CT molecular complexity index is 662. The molecule has 0 bridgehead atoms. The number of alkyl halides is 3. The highest BCUT2D eigenvalue weighted by Gasteiger charge is 2.47. The molecule has 8 heteroatoms. The number of rotatable bonds is 3. The second kappa shape index (κ2) is 6.08. The minimum atomic E-state index is -4.40. The molecule has 2 amide bonds. The van der Waals surface area contributed by atoms with E-state index in [9.17, 15) is 22.8 Å². The first kappa shape index (κ1) is 16.8. The molecule has 1 aromatic rings. The summed E-state index contributed by atoms with van der Waals surface area (Å²) in [5, 5.41) is 0. The third-order valence-electron chi connectivity index (χ3n) is 4.45. The van der Waals surface area contributed by atoms with Gasteiger partial charge in [-0.3, -0.25) is 9.59 Å². The summed E-state index contributed by atoms with van der Waals surface area (Å²) in [4.78, 5) is 25.2. The van der Waals surface area contributed by atoms with Gasteiger partial charge in [0.2, 0.25) is 11.8 Å². The number of hydrogen-bond acceptors (Lipinski definition) is 3. The number of amides is 2. The van der Waals surface area contributed by atoms with Gasteiger partial charge in [0.25, 0.3) is 0 Å². The summed E-state index contributed by atoms with van der Waals surface area (Å²) in [6.45, 7) is 0.675. The van der Waals surface area contributed by atoms with Crippen LogP contribution in [0.4, 0.5) is 13.2 Å². The lowest BCUT2D eigenvalue weighted by Gasteiger charge is -2.31. The predicted molar refractivity (Wildman–Crippen MR) is 77.8 cm³/mol. The van der Waals surface area contributed by atoms with E-state index in [1.807, 2.05) is 0 Å². The smallest absolute Gasteiger partial charge is 0.367 e. The highest BCUT2D eigenvalue weighted by Crippen LogP contribution is 2.49. The van der Waals surface area contributed by atoms with Gasteiger partial charge in [0.1, 0.15) is 0 Å². The van der Waals surface area contributed by atoms with E-state index in [1.54, 1.807) is 6.07 Å². The molecule has 2 fully saturated rings. The lowest BCUT2D eigenvalue weighted by atomic mass is 10.0. The maximum Gasteiger partial charge on any atom is 0.416 e. The molecule has 3 rings (SSSR count). The van der Waals surface area contributed by atoms with Crippen LogP contribution < -0.4 is 5.73 Å². The van der Waals surface area contributed by atoms with Gasteiger partial charge >= 0.3 is 6.18 Å². The largest absolute Gasteiger partial charge is 0.416 e. The zero-order chi connectivity index (χ0) is 17.5. The van der Waals surface area contributed by atoms with Crippen LogP contribution in [-0.2, 0) is 20.5 Å². The molecule has 3 atom stereocenters. The van der Waals surface area contributed by atoms with E-state index in [0.29, 0.717) is 18.5 Å². The molecular formula is C16H17F3N2O3. The van der Waals surface area contributed by atoms with Crippen LogP contribution in [0.15, 0.2) is 24.3 Å². The summed E-state index contributed by atoms with van der Waals surface area (Å²) in [6.07, 6.45) is -4.71. The Morgan fingerprint density at radius 1 is 1.29 bits per heavy atom. The quantitative estimate of drug-likeness (QED) is 0.905. The summed E-state index contributed by atoms with van der Waals surface area (Å²) >= 11 is 0. The number of nitrogens with two attached hydrogens (primary N) is 1. The second-order valence-corrected chi connectivity index (χ2v) is 6.12. The highest BCUT2D eigenvalue weighted by atomic mass is 19.4. The Kier molecular flexibility index (Phi) is 4.25. The fraction of sp³-hybridized carbons (Fsp3) is 0.500. The molecular weight excluding hydrogens is 325 g/mol. The van der Waals surface area contributed by atoms with Crippen LogP contribution in [-0.4, -0.2) is 42.5 Å². The molecule has 0 spiro atoms. The van der Waals surface area contributed by atoms with Crippen LogP contribution in [0, 0.1) is 5.92 Å². The van der Waals surface area contributed by atoms with Crippen molar-refractivity contribution >= 4 is 11.8 Å². The zero-order valence-electron chi connectivity index (χ0n) is 12.8. The fourth-order valence-electron chi connectivity index (χ4n) is 3.04. The fourth-order valence-corrected chi connectivity index (χ4v) is 3.04. The molecule has 0 unspecified atom stereocenters. The van der Waals surface area contributed by atoms with Crippen molar-refractivity contribution in [1.82, 2.24) is 4.90 Å². The van der Waals surface area contributed by atoms with Crippen molar-refractivity contribution in [1.29, 1.82) is 0 Å². The number of halogens is 3. The Balaban J connectivity index is 1.67. The van der Waals surface area contributed by atoms with Gasteiger partial charge in [0.15, 0.2) is 6.10 Å². The van der Waals surface area contributed by atoms with Crippen LogP contribution in [0.2, 0.25) is 0 Å². The summed E-state index contributed by atoms with van der Waals surface area (Å²) < 4.78 is 43.5. The molecule has 1 heterocycles. The van der Waals surface area contributed by atoms with Crippen molar-refractivity contribution in [3.05, 3.63) is 35.4 Å². The summed E-state index contributed by atoms with van der Waals surface area (Å²) in [7, 11) is 0. The number of hydrogen-bond donors (Lipinski definition) is 1. The molecule has 0 radical (unpaired) electrons. The molecule has 24 heavy (non-hydrogen) atoms. The molecule has 0 aromatic heterocycles. The normalized spacial score (nSPS) is 27.0. The van der Waals surface area contributed by atoms with E-state index < -0.39 is 23.8 Å². The van der Waals surface area contributed by atoms with E-state index in [1.165, 1.54) is 11.0 Å². The van der Waals surface area contributed by atoms with Crippen LogP contribution in [0.25, 0.3) is 0 Å². The van der Waals surface area contributed by atoms with Crippen molar-refractivity contribution in [3.63, 3.8) is 0 Å². The van der Waals surface area contributed by atoms with Crippen molar-refractivity contribution in [3.8, 4) is 0 Å². The first-order chi connectivity index (χ1) is 11.3. The summed E-state index contributed by atoms with van der Waals surface area (Å²) in [5.41, 5.74) is 5.00. The lowest BCUT2D eigenvalue weighted by Crippen LogP contribution is -2.50. The Morgan fingerprint density at radius 2 is 2.04 bits per heavy atom. The molecule has 1 aliphatic heterocycles. The number of carbonyl (C=O) groups is 2. The number of benzene rings is 1. The topological polar surface area (TPSA) is 72.6 Å². The minimum absolute atomic E-state index is 0.0972. The number of morpholine rings is 1. The maximum absolute atomic E-state index is 12.8. The van der Waals surface area contributed by atoms with Gasteiger partial charge in [-0.25, -0.2) is 0 Å². The molecule has 1 saturated heterocycles. The average molecular weight is 342 g/mol. The summed E-state index contributed by atoms with van der Waals surface area (Å²) in [5.74, 6) is -1.35.